The molecule has 0 amide bonds. The summed E-state index contributed by atoms with van der Waals surface area (Å²) in [6, 6.07) is 0. The van der Waals surface area contributed by atoms with Crippen LogP contribution in [-0.2, 0) is 9.53 Å². The minimum absolute atomic E-state index is 0.310. The fourth-order valence-electron chi connectivity index (χ4n) is 0.683. The van der Waals surface area contributed by atoms with Crippen molar-refractivity contribution in [3.8, 4) is 0 Å². The van der Waals surface area contributed by atoms with Crippen LogP contribution in [0.3, 0.4) is 0 Å². The van der Waals surface area contributed by atoms with Gasteiger partial charge in [0.1, 0.15) is 5.70 Å². The number of allylic oxidation sites excluding steroid dienone is 1. The second-order valence-corrected chi connectivity index (χ2v) is 2.42. The normalized spacial score (nSPS) is 8.92. The van der Waals surface area contributed by atoms with Crippen molar-refractivity contribution in [2.24, 2.45) is 0 Å². The van der Waals surface area contributed by atoms with Crippen LogP contribution in [-0.4, -0.2) is 25.0 Å². The zero-order valence-electron chi connectivity index (χ0n) is 7.89. The summed E-state index contributed by atoms with van der Waals surface area (Å²) in [5.74, 6) is -0.424. The molecule has 0 aliphatic carbocycles. The average molecular weight is 169 g/mol. The number of likely N-dealkylation sites (N-methyl/N-ethyl adjacent to an activating group) is 1. The molecule has 0 spiro atoms. The van der Waals surface area contributed by atoms with Gasteiger partial charge in [-0.05, 0) is 6.42 Å². The Morgan fingerprint density at radius 3 is 2.33 bits per heavy atom. The molecule has 0 aliphatic rings. The lowest BCUT2D eigenvalue weighted by atomic mass is 10.3. The molecular weight excluding hydrogens is 154 g/mol. The second kappa shape index (κ2) is 4.59. The molecule has 0 heterocycles. The number of rotatable bonds is 4. The molecule has 0 saturated heterocycles. The summed E-state index contributed by atoms with van der Waals surface area (Å²) < 4.78 is 4.51. The molecule has 0 aromatic rings. The molecule has 0 aromatic carbocycles. The quantitative estimate of drug-likeness (QED) is 0.472. The van der Waals surface area contributed by atoms with E-state index in [1.165, 1.54) is 7.11 Å². The molecule has 3 nitrogen and oxygen atoms in total. The summed E-state index contributed by atoms with van der Waals surface area (Å²) in [6.07, 6.45) is 0.784. The summed E-state index contributed by atoms with van der Waals surface area (Å²) in [7, 11) is 3.07. The number of hydrogen-bond donors (Lipinski definition) is 0. The van der Waals surface area contributed by atoms with Crippen LogP contribution in [0.15, 0.2) is 24.6 Å². The summed E-state index contributed by atoms with van der Waals surface area (Å²) in [5, 5.41) is 0. The zero-order valence-corrected chi connectivity index (χ0v) is 7.89. The van der Waals surface area contributed by atoms with Gasteiger partial charge in [0.2, 0.25) is 0 Å². The number of nitrogens with zero attached hydrogens (tertiary/aromatic N) is 1. The molecule has 0 radical (unpaired) electrons. The van der Waals surface area contributed by atoms with Gasteiger partial charge in [-0.1, -0.05) is 20.1 Å². The Labute approximate surface area is 73.3 Å². The molecule has 0 N–H and O–H groups in total. The maximum Gasteiger partial charge on any atom is 0.354 e. The van der Waals surface area contributed by atoms with Crippen molar-refractivity contribution in [3.05, 3.63) is 24.6 Å². The van der Waals surface area contributed by atoms with Crippen molar-refractivity contribution in [2.45, 2.75) is 13.3 Å². The second-order valence-electron chi connectivity index (χ2n) is 2.42. The average Bonchev–Trinajstić information content (AvgIpc) is 2.12. The van der Waals surface area contributed by atoms with Crippen LogP contribution in [0.1, 0.15) is 13.3 Å². The molecule has 0 bridgehead atoms. The van der Waals surface area contributed by atoms with Crippen molar-refractivity contribution in [3.63, 3.8) is 0 Å². The Bertz CT molecular complexity index is 209. The Morgan fingerprint density at radius 2 is 2.00 bits per heavy atom. The van der Waals surface area contributed by atoms with Gasteiger partial charge in [-0.3, -0.25) is 0 Å². The number of esters is 1. The molecule has 0 unspecified atom stereocenters. The Morgan fingerprint density at radius 1 is 1.50 bits per heavy atom. The SMILES string of the molecule is C=C(CC)N(C)C(=C)C(=O)OC. The predicted molar refractivity (Wildman–Crippen MR) is 48.4 cm³/mol. The number of carbonyl (C=O) groups excluding carboxylic acids is 1. The monoisotopic (exact) mass is 169 g/mol. The molecule has 12 heavy (non-hydrogen) atoms. The molecule has 0 fully saturated rings. The van der Waals surface area contributed by atoms with Crippen LogP contribution in [0.5, 0.6) is 0 Å². The third-order valence-corrected chi connectivity index (χ3v) is 1.71. The molecule has 0 aliphatic heterocycles. The third-order valence-electron chi connectivity index (χ3n) is 1.71. The fourth-order valence-corrected chi connectivity index (χ4v) is 0.683. The van der Waals surface area contributed by atoms with E-state index in [1.807, 2.05) is 6.92 Å². The van der Waals surface area contributed by atoms with E-state index in [9.17, 15) is 4.79 Å². The van der Waals surface area contributed by atoms with E-state index in [0.29, 0.717) is 5.70 Å². The number of ether oxygens (including phenoxy) is 1. The number of hydrogen-bond acceptors (Lipinski definition) is 3. The molecule has 0 rings (SSSR count). The molecule has 0 saturated carbocycles. The third kappa shape index (κ3) is 2.42. The van der Waals surface area contributed by atoms with E-state index >= 15 is 0 Å². The number of methoxy groups -OCH3 is 1. The van der Waals surface area contributed by atoms with Gasteiger partial charge in [0.15, 0.2) is 0 Å². The van der Waals surface area contributed by atoms with Gasteiger partial charge in [-0.2, -0.15) is 0 Å². The minimum atomic E-state index is -0.424. The number of carbonyl (C=O) groups is 1. The first-order valence-electron chi connectivity index (χ1n) is 3.73. The summed E-state index contributed by atoms with van der Waals surface area (Å²) in [6.45, 7) is 9.31. The largest absolute Gasteiger partial charge is 0.464 e. The van der Waals surface area contributed by atoms with E-state index in [-0.39, 0.29) is 0 Å². The van der Waals surface area contributed by atoms with E-state index < -0.39 is 5.97 Å². The van der Waals surface area contributed by atoms with Crippen LogP contribution in [0.4, 0.5) is 0 Å². The van der Waals surface area contributed by atoms with Crippen LogP contribution in [0, 0.1) is 0 Å². The highest BCUT2D eigenvalue weighted by Crippen LogP contribution is 2.10. The zero-order chi connectivity index (χ0) is 9.72. The van der Waals surface area contributed by atoms with Gasteiger partial charge >= 0.3 is 5.97 Å². The predicted octanol–water partition coefficient (Wildman–Crippen LogP) is 1.53. The van der Waals surface area contributed by atoms with Crippen molar-refractivity contribution in [1.82, 2.24) is 4.90 Å². The van der Waals surface area contributed by atoms with Gasteiger partial charge < -0.3 is 9.64 Å². The smallest absolute Gasteiger partial charge is 0.354 e. The molecule has 0 atom stereocenters. The van der Waals surface area contributed by atoms with Crippen molar-refractivity contribution in [1.29, 1.82) is 0 Å². The summed E-state index contributed by atoms with van der Waals surface area (Å²) in [4.78, 5) is 12.6. The van der Waals surface area contributed by atoms with Crippen molar-refractivity contribution >= 4 is 5.97 Å². The Balaban J connectivity index is 4.29. The van der Waals surface area contributed by atoms with Gasteiger partial charge in [0.05, 0.1) is 7.11 Å². The topological polar surface area (TPSA) is 29.5 Å². The molecule has 68 valence electrons. The van der Waals surface area contributed by atoms with Gasteiger partial charge in [0.25, 0.3) is 0 Å². The Kier molecular flexibility index (Phi) is 4.11. The van der Waals surface area contributed by atoms with Crippen LogP contribution in [0.2, 0.25) is 0 Å². The highest BCUT2D eigenvalue weighted by Gasteiger charge is 2.12. The van der Waals surface area contributed by atoms with Crippen molar-refractivity contribution in [2.75, 3.05) is 14.2 Å². The standard InChI is InChI=1S/C9H15NO2/c1-6-7(2)10(4)8(3)9(11)12-5/h2-3,6H2,1,4-5H3. The lowest BCUT2D eigenvalue weighted by Crippen LogP contribution is -2.22. The Hall–Kier alpha value is -1.25. The van der Waals surface area contributed by atoms with E-state index in [4.69, 9.17) is 0 Å². The van der Waals surface area contributed by atoms with E-state index in [2.05, 4.69) is 17.9 Å². The lowest BCUT2D eigenvalue weighted by molar-refractivity contribution is -0.137. The van der Waals surface area contributed by atoms with Gasteiger partial charge in [-0.15, -0.1) is 0 Å². The lowest BCUT2D eigenvalue weighted by Gasteiger charge is -2.20. The van der Waals surface area contributed by atoms with Crippen molar-refractivity contribution < 1.29 is 9.53 Å². The minimum Gasteiger partial charge on any atom is -0.464 e. The van der Waals surface area contributed by atoms with Crippen LogP contribution >= 0.6 is 0 Å². The summed E-state index contributed by atoms with van der Waals surface area (Å²) >= 11 is 0. The molecule has 3 heteroatoms. The molecule has 0 aromatic heterocycles. The fraction of sp³-hybridized carbons (Fsp3) is 0.444. The first-order valence-corrected chi connectivity index (χ1v) is 3.73. The van der Waals surface area contributed by atoms with E-state index in [1.54, 1.807) is 11.9 Å². The molecular formula is C9H15NO2. The first kappa shape index (κ1) is 10.8. The van der Waals surface area contributed by atoms with Gasteiger partial charge in [-0.25, -0.2) is 4.79 Å². The van der Waals surface area contributed by atoms with E-state index in [0.717, 1.165) is 12.1 Å². The van der Waals surface area contributed by atoms with Crippen LogP contribution < -0.4 is 0 Å². The van der Waals surface area contributed by atoms with Gasteiger partial charge in [0, 0.05) is 12.7 Å². The first-order chi connectivity index (χ1) is 5.54. The highest BCUT2D eigenvalue weighted by atomic mass is 16.5. The summed E-state index contributed by atoms with van der Waals surface area (Å²) in [5.41, 5.74) is 1.15. The highest BCUT2D eigenvalue weighted by molar-refractivity contribution is 5.87. The maximum absolute atomic E-state index is 11.0. The van der Waals surface area contributed by atoms with Crippen LogP contribution in [0.25, 0.3) is 0 Å². The maximum atomic E-state index is 11.0.